The van der Waals surface area contributed by atoms with E-state index in [1.807, 2.05) is 0 Å². The number of hydrogen-bond donors (Lipinski definition) is 2. The number of aromatic nitrogens is 2. The molecule has 2 aromatic heterocycles. The Morgan fingerprint density at radius 3 is 1.52 bits per heavy atom. The van der Waals surface area contributed by atoms with E-state index in [1.165, 1.54) is 99.4 Å². The molecule has 8 bridgehead atoms. The predicted molar refractivity (Wildman–Crippen MR) is 186 cm³/mol. The maximum Gasteiger partial charge on any atom is 0.119 e. The van der Waals surface area contributed by atoms with E-state index in [0.717, 1.165) is 47.3 Å². The number of rotatable bonds is 4. The van der Waals surface area contributed by atoms with Crippen molar-refractivity contribution in [2.75, 3.05) is 40.4 Å². The first-order chi connectivity index (χ1) is 22.6. The van der Waals surface area contributed by atoms with Crippen LogP contribution in [0.3, 0.4) is 0 Å². The van der Waals surface area contributed by atoms with E-state index < -0.39 is 0 Å². The highest BCUT2D eigenvalue weighted by Gasteiger charge is 2.50. The van der Waals surface area contributed by atoms with E-state index in [-0.39, 0.29) is 0 Å². The number of nitrogens with one attached hydrogen (secondary N) is 2. The molecule has 6 heteroatoms. The smallest absolute Gasteiger partial charge is 0.119 e. The standard InChI is InChI=1S/2C20H26N2O/c2*1-3-13-8-12-9-17-19-15(6-7-22(11-12)20(13)17)16-10-14(23-2)4-5-18(16)21-19/h2*4-5,10,12-13,17,20-21H,3,6-9,11H2,1-2H3/t2*12-,13+,17+,20+/m11/s1. The second-order valence-electron chi connectivity index (χ2n) is 15.6. The molecule has 244 valence electrons. The van der Waals surface area contributed by atoms with Crippen molar-refractivity contribution in [3.63, 3.8) is 0 Å². The molecule has 2 aliphatic carbocycles. The summed E-state index contributed by atoms with van der Waals surface area (Å²) in [6, 6.07) is 14.5. The van der Waals surface area contributed by atoms with Crippen molar-refractivity contribution in [2.45, 2.75) is 89.1 Å². The Balaban J connectivity index is 0.000000127. The molecule has 2 saturated carbocycles. The van der Waals surface area contributed by atoms with Crippen LogP contribution in [-0.4, -0.2) is 72.3 Å². The lowest BCUT2D eigenvalue weighted by Gasteiger charge is -2.53. The largest absolute Gasteiger partial charge is 0.497 e. The lowest BCUT2D eigenvalue weighted by Crippen LogP contribution is -2.56. The van der Waals surface area contributed by atoms with E-state index in [4.69, 9.17) is 9.47 Å². The van der Waals surface area contributed by atoms with Crippen molar-refractivity contribution in [1.29, 1.82) is 0 Å². The molecule has 2 unspecified atom stereocenters. The fourth-order valence-corrected chi connectivity index (χ4v) is 11.6. The number of aromatic amines is 2. The molecule has 12 rings (SSSR count). The number of fused-ring (bicyclic) bond motifs is 8. The van der Waals surface area contributed by atoms with Crippen LogP contribution < -0.4 is 9.47 Å². The second-order valence-corrected chi connectivity index (χ2v) is 15.6. The van der Waals surface area contributed by atoms with Gasteiger partial charge in [-0.1, -0.05) is 26.7 Å². The number of ether oxygens (including phenoxy) is 2. The van der Waals surface area contributed by atoms with E-state index in [0.29, 0.717) is 11.8 Å². The molecule has 6 fully saturated rings. The molecule has 0 amide bonds. The van der Waals surface area contributed by atoms with Crippen molar-refractivity contribution < 1.29 is 9.47 Å². The lowest BCUT2D eigenvalue weighted by atomic mass is 9.65. The normalized spacial score (nSPS) is 35.1. The average molecular weight is 621 g/mol. The fraction of sp³-hybridized carbons (Fsp3) is 0.600. The minimum absolute atomic E-state index is 0.711. The van der Waals surface area contributed by atoms with Crippen molar-refractivity contribution in [3.8, 4) is 11.5 Å². The minimum atomic E-state index is 0.711. The fourth-order valence-electron chi connectivity index (χ4n) is 11.6. The van der Waals surface area contributed by atoms with Gasteiger partial charge in [0.1, 0.15) is 11.5 Å². The van der Waals surface area contributed by atoms with Crippen molar-refractivity contribution in [2.24, 2.45) is 23.7 Å². The SMILES string of the molecule is CC[C@H]1C[C@@H]2C[C@H]3c4[nH]c5ccc(OC)cc5c4CCN(C2)[C@@H]13.CC[C@H]1C[C@@H]2C[C@H]3c4[nH]c5ccc(OC)cc5c4CCN(C2)[C@@H]13. The van der Waals surface area contributed by atoms with Crippen LogP contribution in [-0.2, 0) is 12.8 Å². The van der Waals surface area contributed by atoms with Crippen LogP contribution in [0.15, 0.2) is 36.4 Å². The van der Waals surface area contributed by atoms with Gasteiger partial charge in [-0.05, 0) is 110 Å². The summed E-state index contributed by atoms with van der Waals surface area (Å²) in [6.45, 7) is 9.90. The summed E-state index contributed by atoms with van der Waals surface area (Å²) >= 11 is 0. The van der Waals surface area contributed by atoms with Gasteiger partial charge in [-0.3, -0.25) is 9.80 Å². The number of hydrogen-bond acceptors (Lipinski definition) is 4. The Morgan fingerprint density at radius 1 is 0.652 bits per heavy atom. The molecule has 2 aromatic carbocycles. The van der Waals surface area contributed by atoms with E-state index in [2.05, 4.69) is 70.0 Å². The number of benzene rings is 2. The molecule has 8 heterocycles. The second kappa shape index (κ2) is 11.3. The van der Waals surface area contributed by atoms with Gasteiger partial charge >= 0.3 is 0 Å². The Labute approximate surface area is 274 Å². The van der Waals surface area contributed by atoms with E-state index in [9.17, 15) is 0 Å². The van der Waals surface area contributed by atoms with Crippen LogP contribution in [0, 0.1) is 23.7 Å². The number of nitrogens with zero attached hydrogens (tertiary/aromatic N) is 2. The Morgan fingerprint density at radius 2 is 1.11 bits per heavy atom. The van der Waals surface area contributed by atoms with E-state index in [1.54, 1.807) is 36.7 Å². The molecule has 0 radical (unpaired) electrons. The summed E-state index contributed by atoms with van der Waals surface area (Å²) in [6.07, 6.45) is 10.7. The van der Waals surface area contributed by atoms with Gasteiger partial charge in [0.15, 0.2) is 0 Å². The first kappa shape index (κ1) is 29.2. The third-order valence-corrected chi connectivity index (χ3v) is 13.4. The van der Waals surface area contributed by atoms with Crippen LogP contribution in [0.1, 0.15) is 86.7 Å². The zero-order valence-electron chi connectivity index (χ0n) is 28.3. The minimum Gasteiger partial charge on any atom is -0.497 e. The van der Waals surface area contributed by atoms with Crippen molar-refractivity contribution >= 4 is 21.8 Å². The van der Waals surface area contributed by atoms with Gasteiger partial charge in [-0.2, -0.15) is 0 Å². The number of methoxy groups -OCH3 is 2. The van der Waals surface area contributed by atoms with Crippen molar-refractivity contribution in [3.05, 3.63) is 58.9 Å². The lowest BCUT2D eigenvalue weighted by molar-refractivity contribution is -0.0134. The molecular weight excluding hydrogens is 568 g/mol. The predicted octanol–water partition coefficient (Wildman–Crippen LogP) is 7.87. The maximum atomic E-state index is 5.46. The van der Waals surface area contributed by atoms with Crippen LogP contribution in [0.25, 0.3) is 21.8 Å². The van der Waals surface area contributed by atoms with Gasteiger partial charge < -0.3 is 19.4 Å². The van der Waals surface area contributed by atoms with Crippen LogP contribution >= 0.6 is 0 Å². The van der Waals surface area contributed by atoms with Crippen molar-refractivity contribution in [1.82, 2.24) is 19.8 Å². The highest BCUT2D eigenvalue weighted by atomic mass is 16.5. The summed E-state index contributed by atoms with van der Waals surface area (Å²) in [5.74, 6) is 6.95. The summed E-state index contributed by atoms with van der Waals surface area (Å²) in [7, 11) is 3.52. The number of piperidine rings is 4. The highest BCUT2D eigenvalue weighted by molar-refractivity contribution is 5.87. The zero-order valence-corrected chi connectivity index (χ0v) is 28.3. The Kier molecular flexibility index (Phi) is 7.19. The molecule has 10 atom stereocenters. The molecule has 2 N–H and O–H groups in total. The van der Waals surface area contributed by atoms with Gasteiger partial charge in [-0.15, -0.1) is 0 Å². The van der Waals surface area contributed by atoms with E-state index >= 15 is 0 Å². The molecule has 6 aliphatic heterocycles. The zero-order chi connectivity index (χ0) is 31.1. The first-order valence-corrected chi connectivity index (χ1v) is 18.4. The van der Waals surface area contributed by atoms with Crippen LogP contribution in [0.2, 0.25) is 0 Å². The molecule has 8 aliphatic rings. The molecule has 6 nitrogen and oxygen atoms in total. The summed E-state index contributed by atoms with van der Waals surface area (Å²) < 4.78 is 10.9. The quantitative estimate of drug-likeness (QED) is 0.244. The molecule has 46 heavy (non-hydrogen) atoms. The molecule has 4 aromatic rings. The van der Waals surface area contributed by atoms with Gasteiger partial charge in [0, 0.05) is 83.3 Å². The summed E-state index contributed by atoms with van der Waals surface area (Å²) in [4.78, 5) is 13.3. The highest BCUT2D eigenvalue weighted by Crippen LogP contribution is 2.52. The Hall–Kier alpha value is -2.96. The Bertz CT molecular complexity index is 1630. The van der Waals surface area contributed by atoms with Gasteiger partial charge in [0.2, 0.25) is 0 Å². The van der Waals surface area contributed by atoms with Gasteiger partial charge in [0.05, 0.1) is 14.2 Å². The van der Waals surface area contributed by atoms with Crippen LogP contribution in [0.4, 0.5) is 0 Å². The monoisotopic (exact) mass is 620 g/mol. The van der Waals surface area contributed by atoms with Gasteiger partial charge in [-0.25, -0.2) is 0 Å². The van der Waals surface area contributed by atoms with Crippen LogP contribution in [0.5, 0.6) is 11.5 Å². The first-order valence-electron chi connectivity index (χ1n) is 18.4. The average Bonchev–Trinajstić information content (AvgIpc) is 3.60. The third-order valence-electron chi connectivity index (χ3n) is 13.4. The van der Waals surface area contributed by atoms with Gasteiger partial charge in [0.25, 0.3) is 0 Å². The topological polar surface area (TPSA) is 56.5 Å². The summed E-state index contributed by atoms with van der Waals surface area (Å²) in [5, 5.41) is 2.77. The maximum absolute atomic E-state index is 5.46. The number of H-pyrrole nitrogens is 2. The molecule has 0 spiro atoms. The molecular formula is C40H52N4O2. The summed E-state index contributed by atoms with van der Waals surface area (Å²) in [5.41, 5.74) is 8.80. The third kappa shape index (κ3) is 4.49. The molecule has 4 saturated heterocycles.